The van der Waals surface area contributed by atoms with E-state index in [0.717, 1.165) is 18.2 Å². The fraction of sp³-hybridized carbons (Fsp3) is 0.235. The summed E-state index contributed by atoms with van der Waals surface area (Å²) in [7, 11) is 1.42. The zero-order valence-electron chi connectivity index (χ0n) is 13.7. The number of amides is 1. The molecule has 0 atom stereocenters. The van der Waals surface area contributed by atoms with E-state index in [1.165, 1.54) is 30.1 Å². The van der Waals surface area contributed by atoms with Gasteiger partial charge >= 0.3 is 5.69 Å². The molecule has 0 aliphatic rings. The molecule has 8 heteroatoms. The molecule has 0 aromatic heterocycles. The van der Waals surface area contributed by atoms with Gasteiger partial charge in [0.05, 0.1) is 11.5 Å². The van der Waals surface area contributed by atoms with E-state index in [4.69, 9.17) is 4.74 Å². The third kappa shape index (κ3) is 4.28. The molecule has 2 aromatic rings. The normalized spacial score (nSPS) is 10.4. The molecule has 0 bridgehead atoms. The molecule has 0 fully saturated rings. The van der Waals surface area contributed by atoms with Crippen LogP contribution in [-0.4, -0.2) is 29.4 Å². The van der Waals surface area contributed by atoms with Gasteiger partial charge in [0.15, 0.2) is 5.75 Å². The van der Waals surface area contributed by atoms with Crippen molar-refractivity contribution in [1.82, 2.24) is 4.90 Å². The van der Waals surface area contributed by atoms with Crippen LogP contribution in [0.25, 0.3) is 0 Å². The zero-order chi connectivity index (χ0) is 18.6. The highest BCUT2D eigenvalue weighted by atomic mass is 19.1. The fourth-order valence-corrected chi connectivity index (χ4v) is 2.27. The molecule has 2 rings (SSSR count). The van der Waals surface area contributed by atoms with Crippen LogP contribution in [0.15, 0.2) is 36.4 Å². The third-order valence-corrected chi connectivity index (χ3v) is 3.47. The highest BCUT2D eigenvalue weighted by molar-refractivity contribution is 5.95. The molecular weight excluding hydrogens is 334 g/mol. The van der Waals surface area contributed by atoms with Gasteiger partial charge in [0.2, 0.25) is 0 Å². The molecule has 0 spiro atoms. The van der Waals surface area contributed by atoms with E-state index in [1.54, 1.807) is 6.92 Å². The van der Waals surface area contributed by atoms with E-state index in [1.807, 2.05) is 0 Å². The van der Waals surface area contributed by atoms with Crippen molar-refractivity contribution < 1.29 is 23.2 Å². The van der Waals surface area contributed by atoms with Gasteiger partial charge in [0.1, 0.15) is 11.6 Å². The molecule has 0 unspecified atom stereocenters. The Morgan fingerprint density at radius 3 is 2.56 bits per heavy atom. The number of benzene rings is 2. The number of nitrogens with zero attached hydrogens (tertiary/aromatic N) is 2. The van der Waals surface area contributed by atoms with E-state index < -0.39 is 22.5 Å². The lowest BCUT2D eigenvalue weighted by Crippen LogP contribution is -2.26. The van der Waals surface area contributed by atoms with E-state index in [0.29, 0.717) is 0 Å². The number of hydrogen-bond donors (Lipinski definition) is 0. The van der Waals surface area contributed by atoms with Crippen LogP contribution in [0.5, 0.6) is 5.75 Å². The molecule has 0 aliphatic carbocycles. The first-order chi connectivity index (χ1) is 11.8. The minimum Gasteiger partial charge on any atom is -0.487 e. The molecule has 25 heavy (non-hydrogen) atoms. The monoisotopic (exact) mass is 350 g/mol. The summed E-state index contributed by atoms with van der Waals surface area (Å²) in [4.78, 5) is 24.1. The average Bonchev–Trinajstić information content (AvgIpc) is 2.57. The highest BCUT2D eigenvalue weighted by Crippen LogP contribution is 2.28. The van der Waals surface area contributed by atoms with Gasteiger partial charge in [-0.3, -0.25) is 14.9 Å². The Hall–Kier alpha value is -3.03. The van der Waals surface area contributed by atoms with Gasteiger partial charge in [-0.25, -0.2) is 8.78 Å². The van der Waals surface area contributed by atoms with Crippen molar-refractivity contribution in [2.24, 2.45) is 0 Å². The summed E-state index contributed by atoms with van der Waals surface area (Å²) in [5, 5.41) is 11.1. The summed E-state index contributed by atoms with van der Waals surface area (Å²) in [6, 6.07) is 6.94. The molecule has 0 N–H and O–H groups in total. The second-order valence-corrected chi connectivity index (χ2v) is 5.27. The molecule has 1 amide bonds. The second-order valence-electron chi connectivity index (χ2n) is 5.27. The van der Waals surface area contributed by atoms with Crippen molar-refractivity contribution in [3.63, 3.8) is 0 Å². The SMILES string of the molecule is CCOc1ccc(C(=O)N(C)Cc2ccc(F)cc2F)cc1[N+](=O)[O-]. The van der Waals surface area contributed by atoms with Crippen molar-refractivity contribution in [3.05, 3.63) is 69.3 Å². The number of nitro groups is 1. The summed E-state index contributed by atoms with van der Waals surface area (Å²) in [6.45, 7) is 1.83. The molecule has 2 aromatic carbocycles. The average molecular weight is 350 g/mol. The Bertz CT molecular complexity index is 811. The van der Waals surface area contributed by atoms with Crippen LogP contribution in [0.3, 0.4) is 0 Å². The van der Waals surface area contributed by atoms with Crippen molar-refractivity contribution in [2.45, 2.75) is 13.5 Å². The minimum atomic E-state index is -0.766. The van der Waals surface area contributed by atoms with Crippen LogP contribution in [-0.2, 0) is 6.54 Å². The smallest absolute Gasteiger partial charge is 0.311 e. The van der Waals surface area contributed by atoms with Gasteiger partial charge in [-0.05, 0) is 25.1 Å². The van der Waals surface area contributed by atoms with Gasteiger partial charge in [-0.15, -0.1) is 0 Å². The summed E-state index contributed by atoms with van der Waals surface area (Å²) >= 11 is 0. The fourth-order valence-electron chi connectivity index (χ4n) is 2.27. The first-order valence-corrected chi connectivity index (χ1v) is 7.44. The topological polar surface area (TPSA) is 72.7 Å². The number of carbonyl (C=O) groups excluding carboxylic acids is 1. The Morgan fingerprint density at radius 1 is 1.24 bits per heavy atom. The van der Waals surface area contributed by atoms with Crippen molar-refractivity contribution in [3.8, 4) is 5.75 Å². The molecule has 6 nitrogen and oxygen atoms in total. The number of hydrogen-bond acceptors (Lipinski definition) is 4. The van der Waals surface area contributed by atoms with Gasteiger partial charge in [0.25, 0.3) is 5.91 Å². The van der Waals surface area contributed by atoms with Gasteiger partial charge in [-0.1, -0.05) is 6.07 Å². The van der Waals surface area contributed by atoms with Crippen LogP contribution in [0.2, 0.25) is 0 Å². The Kier molecular flexibility index (Phi) is 5.63. The zero-order valence-corrected chi connectivity index (χ0v) is 13.7. The van der Waals surface area contributed by atoms with E-state index >= 15 is 0 Å². The van der Waals surface area contributed by atoms with Crippen LogP contribution >= 0.6 is 0 Å². The summed E-state index contributed by atoms with van der Waals surface area (Å²) in [5.41, 5.74) is -0.119. The Balaban J connectivity index is 2.24. The van der Waals surface area contributed by atoms with E-state index in [2.05, 4.69) is 0 Å². The van der Waals surface area contributed by atoms with Crippen LogP contribution in [0, 0.1) is 21.7 Å². The molecular formula is C17H16F2N2O4. The molecule has 0 saturated carbocycles. The number of ether oxygens (including phenoxy) is 1. The third-order valence-electron chi connectivity index (χ3n) is 3.47. The standard InChI is InChI=1S/C17H16F2N2O4/c1-3-25-16-7-5-11(8-15(16)21(23)24)17(22)20(2)10-12-4-6-13(18)9-14(12)19/h4-9H,3,10H2,1-2H3. The maximum absolute atomic E-state index is 13.7. The number of carbonyl (C=O) groups is 1. The first kappa shape index (κ1) is 18.3. The van der Waals surface area contributed by atoms with E-state index in [-0.39, 0.29) is 35.7 Å². The summed E-state index contributed by atoms with van der Waals surface area (Å²) < 4.78 is 31.8. The van der Waals surface area contributed by atoms with Crippen molar-refractivity contribution in [1.29, 1.82) is 0 Å². The molecule has 132 valence electrons. The molecule has 0 saturated heterocycles. The quantitative estimate of drug-likeness (QED) is 0.590. The first-order valence-electron chi connectivity index (χ1n) is 7.44. The largest absolute Gasteiger partial charge is 0.487 e. The lowest BCUT2D eigenvalue weighted by atomic mass is 10.1. The summed E-state index contributed by atoms with van der Waals surface area (Å²) in [6.07, 6.45) is 0. The van der Waals surface area contributed by atoms with Crippen LogP contribution in [0.4, 0.5) is 14.5 Å². The molecule has 0 radical (unpaired) electrons. The Morgan fingerprint density at radius 2 is 1.96 bits per heavy atom. The summed E-state index contributed by atoms with van der Waals surface area (Å²) in [5.74, 6) is -1.94. The lowest BCUT2D eigenvalue weighted by molar-refractivity contribution is -0.385. The van der Waals surface area contributed by atoms with Crippen molar-refractivity contribution in [2.75, 3.05) is 13.7 Å². The predicted octanol–water partition coefficient (Wildman–Crippen LogP) is 3.54. The van der Waals surface area contributed by atoms with Crippen LogP contribution < -0.4 is 4.74 Å². The molecule has 0 heterocycles. The highest BCUT2D eigenvalue weighted by Gasteiger charge is 2.21. The maximum atomic E-state index is 13.7. The van der Waals surface area contributed by atoms with Crippen molar-refractivity contribution >= 4 is 11.6 Å². The second kappa shape index (κ2) is 7.69. The number of nitro benzene ring substituents is 1. The van der Waals surface area contributed by atoms with Gasteiger partial charge < -0.3 is 9.64 Å². The van der Waals surface area contributed by atoms with Crippen LogP contribution in [0.1, 0.15) is 22.8 Å². The van der Waals surface area contributed by atoms with Gasteiger partial charge in [0, 0.05) is 36.9 Å². The Labute approximate surface area is 142 Å². The number of rotatable bonds is 6. The number of halogens is 2. The molecule has 0 aliphatic heterocycles. The minimum absolute atomic E-state index is 0.0660. The van der Waals surface area contributed by atoms with Gasteiger partial charge in [-0.2, -0.15) is 0 Å². The van der Waals surface area contributed by atoms with E-state index in [9.17, 15) is 23.7 Å². The maximum Gasteiger partial charge on any atom is 0.311 e. The predicted molar refractivity (Wildman–Crippen MR) is 86.4 cm³/mol. The lowest BCUT2D eigenvalue weighted by Gasteiger charge is -2.18.